The predicted octanol–water partition coefficient (Wildman–Crippen LogP) is 0.156. The molecule has 3 N–H and O–H groups in total. The van der Waals surface area contributed by atoms with Crippen LogP contribution in [-0.2, 0) is 6.42 Å². The molecule has 11 heavy (non-hydrogen) atoms. The summed E-state index contributed by atoms with van der Waals surface area (Å²) in [6.07, 6.45) is 0.415. The molecule has 0 unspecified atom stereocenters. The summed E-state index contributed by atoms with van der Waals surface area (Å²) in [6, 6.07) is -0.628. The molecule has 60 valence electrons. The van der Waals surface area contributed by atoms with Crippen LogP contribution in [0.1, 0.15) is 12.5 Å². The van der Waals surface area contributed by atoms with Crippen molar-refractivity contribution in [1.29, 1.82) is 0 Å². The quantitative estimate of drug-likeness (QED) is 0.539. The molecule has 0 aliphatic carbocycles. The topological polar surface area (TPSA) is 86.5 Å². The maximum atomic E-state index is 9.00. The van der Waals surface area contributed by atoms with E-state index in [0.717, 1.165) is 0 Å². The molecule has 0 amide bonds. The number of aromatic nitrogens is 2. The van der Waals surface area contributed by atoms with Gasteiger partial charge in [-0.3, -0.25) is 0 Å². The fourth-order valence-corrected chi connectivity index (χ4v) is 0.766. The first-order valence-electron chi connectivity index (χ1n) is 3.13. The van der Waals surface area contributed by atoms with Gasteiger partial charge >= 0.3 is 6.01 Å². The minimum Gasteiger partial charge on any atom is -0.493 e. The Hall–Kier alpha value is -1.52. The first-order valence-corrected chi connectivity index (χ1v) is 3.13. The SMILES string of the molecule is CCc1c(O)nc(O)nc1O. The highest BCUT2D eigenvalue weighted by atomic mass is 16.3. The summed E-state index contributed by atoms with van der Waals surface area (Å²) in [5.74, 6) is -0.755. The molecule has 0 aliphatic heterocycles. The molecule has 0 fully saturated rings. The van der Waals surface area contributed by atoms with Crippen molar-refractivity contribution < 1.29 is 15.3 Å². The van der Waals surface area contributed by atoms with Crippen molar-refractivity contribution >= 4 is 0 Å². The second-order valence-corrected chi connectivity index (χ2v) is 2.00. The third kappa shape index (κ3) is 1.31. The standard InChI is InChI=1S/C6H8N2O3/c1-2-3-4(9)7-6(11)8-5(3)10/h2H2,1H3,(H3,7,8,9,10,11). The number of nitrogens with zero attached hydrogens (tertiary/aromatic N) is 2. The summed E-state index contributed by atoms with van der Waals surface area (Å²) in [6.45, 7) is 1.73. The van der Waals surface area contributed by atoms with Crippen LogP contribution in [0.25, 0.3) is 0 Å². The smallest absolute Gasteiger partial charge is 0.320 e. The van der Waals surface area contributed by atoms with Crippen LogP contribution in [-0.4, -0.2) is 25.3 Å². The predicted molar refractivity (Wildman–Crippen MR) is 36.4 cm³/mol. The van der Waals surface area contributed by atoms with Crippen molar-refractivity contribution in [3.8, 4) is 17.8 Å². The van der Waals surface area contributed by atoms with E-state index < -0.39 is 6.01 Å². The van der Waals surface area contributed by atoms with Crippen LogP contribution >= 0.6 is 0 Å². The molecule has 0 radical (unpaired) electrons. The molecule has 0 atom stereocenters. The van der Waals surface area contributed by atoms with Crippen molar-refractivity contribution in [2.75, 3.05) is 0 Å². The second-order valence-electron chi connectivity index (χ2n) is 2.00. The van der Waals surface area contributed by atoms with Crippen LogP contribution in [0.4, 0.5) is 0 Å². The Bertz CT molecular complexity index is 252. The van der Waals surface area contributed by atoms with Crippen LogP contribution in [0.2, 0.25) is 0 Å². The summed E-state index contributed by atoms with van der Waals surface area (Å²) in [5, 5.41) is 26.7. The van der Waals surface area contributed by atoms with Crippen molar-refractivity contribution in [1.82, 2.24) is 9.97 Å². The van der Waals surface area contributed by atoms with E-state index in [1.807, 2.05) is 0 Å². The Morgan fingerprint density at radius 1 is 1.09 bits per heavy atom. The number of aromatic hydroxyl groups is 3. The molecule has 0 aliphatic rings. The number of hydrogen-bond donors (Lipinski definition) is 3. The summed E-state index contributed by atoms with van der Waals surface area (Å²) >= 11 is 0. The minimum absolute atomic E-state index is 0.239. The molecule has 1 aromatic heterocycles. The lowest BCUT2D eigenvalue weighted by Crippen LogP contribution is -1.90. The van der Waals surface area contributed by atoms with Gasteiger partial charge in [0, 0.05) is 0 Å². The highest BCUT2D eigenvalue weighted by Crippen LogP contribution is 2.24. The molecule has 0 aromatic carbocycles. The molecule has 0 spiro atoms. The van der Waals surface area contributed by atoms with Crippen molar-refractivity contribution in [2.45, 2.75) is 13.3 Å². The van der Waals surface area contributed by atoms with Gasteiger partial charge in [0.1, 0.15) is 0 Å². The van der Waals surface area contributed by atoms with Crippen LogP contribution in [0.3, 0.4) is 0 Å². The lowest BCUT2D eigenvalue weighted by molar-refractivity contribution is 0.364. The fourth-order valence-electron chi connectivity index (χ4n) is 0.766. The fraction of sp³-hybridized carbons (Fsp3) is 0.333. The lowest BCUT2D eigenvalue weighted by Gasteiger charge is -2.01. The van der Waals surface area contributed by atoms with Gasteiger partial charge in [-0.1, -0.05) is 6.92 Å². The monoisotopic (exact) mass is 156 g/mol. The highest BCUT2D eigenvalue weighted by molar-refractivity contribution is 5.34. The van der Waals surface area contributed by atoms with E-state index in [4.69, 9.17) is 15.3 Å². The van der Waals surface area contributed by atoms with E-state index in [2.05, 4.69) is 9.97 Å². The summed E-state index contributed by atoms with van der Waals surface area (Å²) in [7, 11) is 0. The van der Waals surface area contributed by atoms with Crippen molar-refractivity contribution in [2.24, 2.45) is 0 Å². The van der Waals surface area contributed by atoms with Crippen LogP contribution in [0.15, 0.2) is 0 Å². The Kier molecular flexibility index (Phi) is 1.80. The first kappa shape index (κ1) is 7.59. The molecule has 0 saturated heterocycles. The normalized spacial score (nSPS) is 9.91. The average Bonchev–Trinajstić information content (AvgIpc) is 1.85. The average molecular weight is 156 g/mol. The van der Waals surface area contributed by atoms with E-state index in [0.29, 0.717) is 6.42 Å². The summed E-state index contributed by atoms with van der Waals surface area (Å²) < 4.78 is 0. The van der Waals surface area contributed by atoms with Gasteiger partial charge < -0.3 is 15.3 Å². The molecule has 1 aromatic rings. The van der Waals surface area contributed by atoms with Gasteiger partial charge in [-0.25, -0.2) is 0 Å². The first-order chi connectivity index (χ1) is 5.15. The van der Waals surface area contributed by atoms with Gasteiger partial charge in [-0.15, -0.1) is 0 Å². The summed E-state index contributed by atoms with van der Waals surface area (Å²) in [5.41, 5.74) is 0.239. The van der Waals surface area contributed by atoms with Crippen molar-refractivity contribution in [3.63, 3.8) is 0 Å². The van der Waals surface area contributed by atoms with Crippen molar-refractivity contribution in [3.05, 3.63) is 5.56 Å². The van der Waals surface area contributed by atoms with Gasteiger partial charge in [0.05, 0.1) is 5.56 Å². The molecule has 1 heterocycles. The maximum absolute atomic E-state index is 9.00. The molecule has 0 saturated carbocycles. The maximum Gasteiger partial charge on any atom is 0.320 e. The summed E-state index contributed by atoms with van der Waals surface area (Å²) in [4.78, 5) is 6.49. The zero-order valence-corrected chi connectivity index (χ0v) is 5.94. The Labute approximate surface area is 63.0 Å². The molecule has 0 bridgehead atoms. The largest absolute Gasteiger partial charge is 0.493 e. The Morgan fingerprint density at radius 2 is 1.55 bits per heavy atom. The van der Waals surface area contributed by atoms with E-state index in [1.165, 1.54) is 0 Å². The lowest BCUT2D eigenvalue weighted by atomic mass is 10.2. The molecule has 1 rings (SSSR count). The molecule has 5 heteroatoms. The van der Waals surface area contributed by atoms with Gasteiger partial charge in [-0.05, 0) is 6.42 Å². The number of hydrogen-bond acceptors (Lipinski definition) is 5. The van der Waals surface area contributed by atoms with Crippen LogP contribution in [0.5, 0.6) is 17.8 Å². The van der Waals surface area contributed by atoms with E-state index in [-0.39, 0.29) is 17.3 Å². The van der Waals surface area contributed by atoms with Gasteiger partial charge in [0.2, 0.25) is 11.8 Å². The molecular weight excluding hydrogens is 148 g/mol. The third-order valence-electron chi connectivity index (χ3n) is 1.31. The van der Waals surface area contributed by atoms with Gasteiger partial charge in [-0.2, -0.15) is 9.97 Å². The zero-order valence-electron chi connectivity index (χ0n) is 5.94. The third-order valence-corrected chi connectivity index (χ3v) is 1.31. The van der Waals surface area contributed by atoms with Gasteiger partial charge in [0.25, 0.3) is 0 Å². The zero-order chi connectivity index (χ0) is 8.43. The van der Waals surface area contributed by atoms with Gasteiger partial charge in [0.15, 0.2) is 0 Å². The molecular formula is C6H8N2O3. The van der Waals surface area contributed by atoms with E-state index in [9.17, 15) is 0 Å². The Balaban J connectivity index is 3.25. The van der Waals surface area contributed by atoms with Crippen LogP contribution < -0.4 is 0 Å². The highest BCUT2D eigenvalue weighted by Gasteiger charge is 2.09. The Morgan fingerprint density at radius 3 is 1.91 bits per heavy atom. The van der Waals surface area contributed by atoms with E-state index >= 15 is 0 Å². The second kappa shape index (κ2) is 2.61. The van der Waals surface area contributed by atoms with Crippen LogP contribution in [0, 0.1) is 0 Å². The minimum atomic E-state index is -0.628. The number of rotatable bonds is 1. The molecule has 5 nitrogen and oxygen atoms in total. The van der Waals surface area contributed by atoms with E-state index in [1.54, 1.807) is 6.92 Å².